The highest BCUT2D eigenvalue weighted by Crippen LogP contribution is 2.18. The number of aliphatic hydroxyl groups excluding tert-OH is 1. The zero-order valence-corrected chi connectivity index (χ0v) is 11.0. The summed E-state index contributed by atoms with van der Waals surface area (Å²) in [7, 11) is 0. The molecule has 1 fully saturated rings. The molecule has 1 aromatic heterocycles. The van der Waals surface area contributed by atoms with E-state index < -0.39 is 0 Å². The van der Waals surface area contributed by atoms with Gasteiger partial charge in [0.1, 0.15) is 0 Å². The first kappa shape index (κ1) is 12.7. The molecule has 4 heteroatoms. The van der Waals surface area contributed by atoms with Crippen LogP contribution in [0.1, 0.15) is 34.3 Å². The van der Waals surface area contributed by atoms with Crippen molar-refractivity contribution in [3.8, 4) is 0 Å². The first-order chi connectivity index (χ1) is 8.19. The number of Topliss-reactive ketones (excluding diaryl/α,β-unsaturated/α-hetero) is 1. The van der Waals surface area contributed by atoms with Crippen LogP contribution in [0.5, 0.6) is 0 Å². The number of hydrogen-bond acceptors (Lipinski definition) is 4. The van der Waals surface area contributed by atoms with E-state index in [4.69, 9.17) is 0 Å². The number of hydrogen-bond donors (Lipinski definition) is 1. The third kappa shape index (κ3) is 3.37. The van der Waals surface area contributed by atoms with Crippen LogP contribution in [0.2, 0.25) is 0 Å². The number of aliphatic hydroxyl groups is 1. The highest BCUT2D eigenvalue weighted by Gasteiger charge is 2.20. The molecule has 1 unspecified atom stereocenters. The van der Waals surface area contributed by atoms with Gasteiger partial charge in [-0.15, -0.1) is 11.3 Å². The third-order valence-electron chi connectivity index (χ3n) is 3.13. The van der Waals surface area contributed by atoms with Crippen molar-refractivity contribution in [3.05, 3.63) is 21.9 Å². The van der Waals surface area contributed by atoms with Crippen molar-refractivity contribution >= 4 is 17.1 Å². The lowest BCUT2D eigenvalue weighted by Crippen LogP contribution is -2.40. The van der Waals surface area contributed by atoms with Crippen LogP contribution >= 0.6 is 11.3 Å². The van der Waals surface area contributed by atoms with E-state index in [0.29, 0.717) is 13.1 Å². The molecular formula is C13H19NO2S. The SMILES string of the molecule is CCc1ccc(C(=O)CN2CCCC(O)C2)s1. The predicted octanol–water partition coefficient (Wildman–Crippen LogP) is 1.95. The molecule has 0 saturated carbocycles. The molecule has 0 bridgehead atoms. The molecule has 0 radical (unpaired) electrons. The second kappa shape index (κ2) is 5.76. The highest BCUT2D eigenvalue weighted by atomic mass is 32.1. The summed E-state index contributed by atoms with van der Waals surface area (Å²) in [5, 5.41) is 9.55. The van der Waals surface area contributed by atoms with E-state index in [-0.39, 0.29) is 11.9 Å². The van der Waals surface area contributed by atoms with Gasteiger partial charge >= 0.3 is 0 Å². The van der Waals surface area contributed by atoms with Gasteiger partial charge in [0, 0.05) is 11.4 Å². The van der Waals surface area contributed by atoms with Crippen LogP contribution in [0.25, 0.3) is 0 Å². The zero-order valence-electron chi connectivity index (χ0n) is 10.2. The number of thiophene rings is 1. The van der Waals surface area contributed by atoms with E-state index in [1.165, 1.54) is 4.88 Å². The van der Waals surface area contributed by atoms with E-state index >= 15 is 0 Å². The zero-order chi connectivity index (χ0) is 12.3. The second-order valence-corrected chi connectivity index (χ2v) is 5.74. The van der Waals surface area contributed by atoms with Gasteiger partial charge in [-0.25, -0.2) is 0 Å². The van der Waals surface area contributed by atoms with Crippen molar-refractivity contribution in [2.75, 3.05) is 19.6 Å². The largest absolute Gasteiger partial charge is 0.392 e. The molecule has 17 heavy (non-hydrogen) atoms. The normalized spacial score (nSPS) is 21.6. The molecule has 1 saturated heterocycles. The molecular weight excluding hydrogens is 234 g/mol. The van der Waals surface area contributed by atoms with E-state index in [0.717, 1.165) is 30.7 Å². The molecule has 94 valence electrons. The monoisotopic (exact) mass is 253 g/mol. The minimum atomic E-state index is -0.258. The summed E-state index contributed by atoms with van der Waals surface area (Å²) in [5.41, 5.74) is 0. The summed E-state index contributed by atoms with van der Waals surface area (Å²) in [6.07, 6.45) is 2.58. The summed E-state index contributed by atoms with van der Waals surface area (Å²) in [4.78, 5) is 16.2. The van der Waals surface area contributed by atoms with Crippen LogP contribution in [0.4, 0.5) is 0 Å². The maximum absolute atomic E-state index is 12.0. The van der Waals surface area contributed by atoms with Crippen molar-refractivity contribution in [1.29, 1.82) is 0 Å². The molecule has 0 aromatic carbocycles. The van der Waals surface area contributed by atoms with Crippen molar-refractivity contribution in [3.63, 3.8) is 0 Å². The van der Waals surface area contributed by atoms with Gasteiger partial charge in [-0.05, 0) is 37.9 Å². The smallest absolute Gasteiger partial charge is 0.186 e. The Kier molecular flexibility index (Phi) is 4.31. The topological polar surface area (TPSA) is 40.5 Å². The molecule has 2 rings (SSSR count). The molecule has 1 aliphatic rings. The molecule has 0 spiro atoms. The van der Waals surface area contributed by atoms with Crippen molar-refractivity contribution in [2.45, 2.75) is 32.3 Å². The quantitative estimate of drug-likeness (QED) is 0.834. The number of aryl methyl sites for hydroxylation is 1. The van der Waals surface area contributed by atoms with Gasteiger partial charge < -0.3 is 5.11 Å². The number of carbonyl (C=O) groups is 1. The number of likely N-dealkylation sites (tertiary alicyclic amines) is 1. The second-order valence-electron chi connectivity index (χ2n) is 4.57. The third-order valence-corrected chi connectivity index (χ3v) is 4.40. The summed E-state index contributed by atoms with van der Waals surface area (Å²) in [5.74, 6) is 0.184. The van der Waals surface area contributed by atoms with Crippen molar-refractivity contribution in [2.24, 2.45) is 0 Å². The number of ketones is 1. The molecule has 1 aromatic rings. The van der Waals surface area contributed by atoms with Crippen molar-refractivity contribution in [1.82, 2.24) is 4.90 Å². The van der Waals surface area contributed by atoms with Crippen LogP contribution in [0.3, 0.4) is 0 Å². The number of nitrogens with zero attached hydrogens (tertiary/aromatic N) is 1. The van der Waals surface area contributed by atoms with Crippen LogP contribution in [0, 0.1) is 0 Å². The molecule has 3 nitrogen and oxygen atoms in total. The number of piperidine rings is 1. The Morgan fingerprint density at radius 1 is 1.59 bits per heavy atom. The van der Waals surface area contributed by atoms with Gasteiger partial charge in [-0.3, -0.25) is 9.69 Å². The maximum Gasteiger partial charge on any atom is 0.186 e. The van der Waals surface area contributed by atoms with Gasteiger partial charge in [0.05, 0.1) is 17.5 Å². The fraction of sp³-hybridized carbons (Fsp3) is 0.615. The van der Waals surface area contributed by atoms with E-state index in [2.05, 4.69) is 11.8 Å². The van der Waals surface area contributed by atoms with Crippen molar-refractivity contribution < 1.29 is 9.90 Å². The predicted molar refractivity (Wildman–Crippen MR) is 69.7 cm³/mol. The van der Waals surface area contributed by atoms with Crippen LogP contribution in [0.15, 0.2) is 12.1 Å². The number of β-amino-alcohol motifs (C(OH)–C–C–N with tert-alkyl or cyclic N) is 1. The Morgan fingerprint density at radius 2 is 2.41 bits per heavy atom. The van der Waals surface area contributed by atoms with Gasteiger partial charge in [0.25, 0.3) is 0 Å². The van der Waals surface area contributed by atoms with Crippen LogP contribution in [-0.4, -0.2) is 41.5 Å². The van der Waals surface area contributed by atoms with Gasteiger partial charge in [-0.2, -0.15) is 0 Å². The van der Waals surface area contributed by atoms with Crippen LogP contribution in [-0.2, 0) is 6.42 Å². The maximum atomic E-state index is 12.0. The molecule has 0 amide bonds. The number of rotatable bonds is 4. The molecule has 2 heterocycles. The molecule has 1 aliphatic heterocycles. The minimum absolute atomic E-state index is 0.184. The van der Waals surface area contributed by atoms with Gasteiger partial charge in [0.2, 0.25) is 0 Å². The van der Waals surface area contributed by atoms with E-state index in [1.807, 2.05) is 12.1 Å². The Bertz CT molecular complexity index is 389. The first-order valence-electron chi connectivity index (χ1n) is 6.21. The summed E-state index contributed by atoms with van der Waals surface area (Å²) in [6, 6.07) is 3.95. The average Bonchev–Trinajstić information content (AvgIpc) is 2.77. The average molecular weight is 253 g/mol. The summed E-state index contributed by atoms with van der Waals surface area (Å²) in [6.45, 7) is 4.11. The first-order valence-corrected chi connectivity index (χ1v) is 7.03. The number of carbonyl (C=O) groups excluding carboxylic acids is 1. The van der Waals surface area contributed by atoms with Crippen LogP contribution < -0.4 is 0 Å². The summed E-state index contributed by atoms with van der Waals surface area (Å²) < 4.78 is 0. The fourth-order valence-electron chi connectivity index (χ4n) is 2.17. The van der Waals surface area contributed by atoms with Gasteiger partial charge in [0.15, 0.2) is 5.78 Å². The minimum Gasteiger partial charge on any atom is -0.392 e. The van der Waals surface area contributed by atoms with Gasteiger partial charge in [-0.1, -0.05) is 6.92 Å². The lowest BCUT2D eigenvalue weighted by molar-refractivity contribution is 0.0636. The molecule has 1 N–H and O–H groups in total. The molecule has 1 atom stereocenters. The Labute approximate surface area is 106 Å². The lowest BCUT2D eigenvalue weighted by Gasteiger charge is -2.29. The Hall–Kier alpha value is -0.710. The highest BCUT2D eigenvalue weighted by molar-refractivity contribution is 7.14. The van der Waals surface area contributed by atoms with E-state index in [1.54, 1.807) is 11.3 Å². The fourth-order valence-corrected chi connectivity index (χ4v) is 3.05. The molecule has 0 aliphatic carbocycles. The summed E-state index contributed by atoms with van der Waals surface area (Å²) >= 11 is 1.59. The Balaban J connectivity index is 1.92. The standard InChI is InChI=1S/C13H19NO2S/c1-2-11-5-6-13(17-11)12(16)9-14-7-3-4-10(15)8-14/h5-6,10,15H,2-4,7-9H2,1H3. The van der Waals surface area contributed by atoms with E-state index in [9.17, 15) is 9.90 Å². The lowest BCUT2D eigenvalue weighted by atomic mass is 10.1. The Morgan fingerprint density at radius 3 is 3.06 bits per heavy atom.